The van der Waals surface area contributed by atoms with Gasteiger partial charge in [-0.15, -0.1) is 71.3 Å². The van der Waals surface area contributed by atoms with Crippen LogP contribution in [-0.2, 0) is 43.2 Å². The number of ketones is 2. The number of carbonyl (C=O) groups is 2. The maximum absolute atomic E-state index is 12.2. The van der Waals surface area contributed by atoms with E-state index < -0.39 is 0 Å². The molecule has 6 heteroatoms. The van der Waals surface area contributed by atoms with E-state index in [4.69, 9.17) is 10.1 Å². The van der Waals surface area contributed by atoms with Crippen molar-refractivity contribution in [3.8, 4) is 33.6 Å². The third kappa shape index (κ3) is 9.42. The number of unbranched alkanes of at least 4 members (excludes halogenated alkanes) is 1. The Balaban J connectivity index is 0.000000264. The largest absolute Gasteiger partial charge is 0.512 e. The molecule has 2 heterocycles. The molecule has 0 aliphatic heterocycles. The number of rotatable bonds is 8. The van der Waals surface area contributed by atoms with Gasteiger partial charge in [0.25, 0.3) is 0 Å². The first kappa shape index (κ1) is 43.6. The maximum atomic E-state index is 12.2. The minimum absolute atomic E-state index is 0. The van der Waals surface area contributed by atoms with Gasteiger partial charge in [-0.05, 0) is 119 Å². The number of nitrogens with zero attached hydrogens (tertiary/aromatic N) is 2. The van der Waals surface area contributed by atoms with Crippen LogP contribution in [0.5, 0.6) is 0 Å². The van der Waals surface area contributed by atoms with Gasteiger partial charge in [0.2, 0.25) is 0 Å². The molecule has 7 aromatic rings. The molecule has 1 aliphatic carbocycles. The monoisotopic (exact) mass is 943 g/mol. The van der Waals surface area contributed by atoms with E-state index >= 15 is 0 Å². The number of aliphatic hydroxyl groups excluding tert-OH is 1. The van der Waals surface area contributed by atoms with E-state index in [2.05, 4.69) is 93.3 Å². The van der Waals surface area contributed by atoms with Crippen molar-refractivity contribution in [2.45, 2.75) is 79.6 Å². The summed E-state index contributed by atoms with van der Waals surface area (Å²) in [5.41, 5.74) is 12.6. The van der Waals surface area contributed by atoms with Crippen LogP contribution in [0.1, 0.15) is 93.9 Å². The molecule has 0 bridgehead atoms. The molecule has 0 atom stereocenters. The molecule has 1 aliphatic rings. The summed E-state index contributed by atoms with van der Waals surface area (Å²) < 4.78 is 0. The Morgan fingerprint density at radius 3 is 2.16 bits per heavy atom. The SMILES string of the molecule is CC(=O)/C=C(/C)O.CCCCc1cc[c-]c(-c2nccc3c2ccc2c4c(c(CC)cc23)-c2ccc(C(C)=O)cc2C4(C)C)c1.[Ir].[c-]1ccccc1-c1ccccn1. The Hall–Kier alpha value is -5.55. The minimum atomic E-state index is -0.204. The average Bonchev–Trinajstić information content (AvgIpc) is 3.46. The van der Waals surface area contributed by atoms with Crippen LogP contribution in [0.2, 0.25) is 0 Å². The smallest absolute Gasteiger partial charge is 0.159 e. The zero-order chi connectivity index (χ0) is 40.7. The Morgan fingerprint density at radius 2 is 1.52 bits per heavy atom. The van der Waals surface area contributed by atoms with Crippen molar-refractivity contribution < 1.29 is 34.8 Å². The van der Waals surface area contributed by atoms with Gasteiger partial charge in [0.15, 0.2) is 11.6 Å². The molecule has 58 heavy (non-hydrogen) atoms. The van der Waals surface area contributed by atoms with Gasteiger partial charge in [0, 0.05) is 49.6 Å². The molecular formula is C52H50IrN2O3-2. The molecule has 5 nitrogen and oxygen atoms in total. The molecule has 0 spiro atoms. The number of fused-ring (bicyclic) bond motifs is 7. The number of hydrogen-bond acceptors (Lipinski definition) is 5. The van der Waals surface area contributed by atoms with Crippen LogP contribution in [0.25, 0.3) is 55.2 Å². The van der Waals surface area contributed by atoms with Gasteiger partial charge in [-0.25, -0.2) is 0 Å². The summed E-state index contributed by atoms with van der Waals surface area (Å²) in [6, 6.07) is 42.1. The Labute approximate surface area is 356 Å². The molecule has 0 fully saturated rings. The average molecular weight is 943 g/mol. The first-order chi connectivity index (χ1) is 27.4. The fourth-order valence-corrected chi connectivity index (χ4v) is 7.83. The number of aryl methyl sites for hydroxylation is 2. The molecule has 5 aromatic carbocycles. The van der Waals surface area contributed by atoms with Crippen LogP contribution in [0.4, 0.5) is 0 Å². The zero-order valence-electron chi connectivity index (χ0n) is 34.4. The van der Waals surface area contributed by atoms with Crippen LogP contribution in [-0.4, -0.2) is 26.6 Å². The summed E-state index contributed by atoms with van der Waals surface area (Å²) in [7, 11) is 0. The second kappa shape index (κ2) is 19.3. The molecule has 0 amide bonds. The van der Waals surface area contributed by atoms with Crippen LogP contribution >= 0.6 is 0 Å². The molecule has 1 radical (unpaired) electrons. The van der Waals surface area contributed by atoms with Gasteiger partial charge >= 0.3 is 0 Å². The number of hydrogen-bond donors (Lipinski definition) is 1. The van der Waals surface area contributed by atoms with E-state index in [1.165, 1.54) is 82.3 Å². The third-order valence-electron chi connectivity index (χ3n) is 10.5. The second-order valence-electron chi connectivity index (χ2n) is 15.1. The Kier molecular flexibility index (Phi) is 14.5. The number of aromatic nitrogens is 2. The summed E-state index contributed by atoms with van der Waals surface area (Å²) in [6.07, 6.45) is 9.31. The van der Waals surface area contributed by atoms with E-state index in [1.807, 2.05) is 60.8 Å². The fourth-order valence-electron chi connectivity index (χ4n) is 7.83. The molecular weight excluding hydrogens is 893 g/mol. The molecule has 297 valence electrons. The number of aliphatic hydroxyl groups is 1. The van der Waals surface area contributed by atoms with E-state index in [9.17, 15) is 9.59 Å². The summed E-state index contributed by atoms with van der Waals surface area (Å²) in [5, 5.41) is 13.3. The third-order valence-corrected chi connectivity index (χ3v) is 10.5. The number of pyridine rings is 2. The first-order valence-electron chi connectivity index (χ1n) is 19.7. The van der Waals surface area contributed by atoms with Crippen LogP contribution in [0, 0.1) is 12.1 Å². The predicted octanol–water partition coefficient (Wildman–Crippen LogP) is 12.9. The van der Waals surface area contributed by atoms with Crippen LogP contribution in [0.3, 0.4) is 0 Å². The van der Waals surface area contributed by atoms with E-state index in [0.717, 1.165) is 46.3 Å². The zero-order valence-corrected chi connectivity index (χ0v) is 36.8. The molecule has 0 saturated heterocycles. The molecule has 2 aromatic heterocycles. The molecule has 0 saturated carbocycles. The number of Topliss-reactive ketones (excluding diaryl/α,β-unsaturated/α-hetero) is 1. The van der Waals surface area contributed by atoms with E-state index in [0.29, 0.717) is 0 Å². The topological polar surface area (TPSA) is 80.1 Å². The van der Waals surface area contributed by atoms with E-state index in [-0.39, 0.29) is 42.8 Å². The molecule has 8 rings (SSSR count). The van der Waals surface area contributed by atoms with E-state index in [1.54, 1.807) is 13.1 Å². The van der Waals surface area contributed by atoms with Crippen molar-refractivity contribution in [2.24, 2.45) is 0 Å². The summed E-state index contributed by atoms with van der Waals surface area (Å²) in [4.78, 5) is 31.3. The Morgan fingerprint density at radius 1 is 0.759 bits per heavy atom. The summed E-state index contributed by atoms with van der Waals surface area (Å²) >= 11 is 0. The molecule has 0 unspecified atom stereocenters. The number of carbonyl (C=O) groups excluding carboxylic acids is 2. The standard InChI is InChI=1S/C36H34NO.C11H8N.C5H8O2.Ir/c1-6-8-10-23-11-9-12-26(19-23)35-29-16-15-28-31(27(29)17-18-37-35)20-24(7-2)33-30-14-13-25(22(3)38)21-32(30)36(4,5)34(28)33;1-2-6-10(7-3-1)11-8-4-5-9-12-11;1-4(6)3-5(2)7;/h9,11,13-21H,6-8,10H2,1-5H3;1-6,8-9H;3,6H,1-2H3;/q2*-1;;/b;;4-3-;. The Bertz CT molecular complexity index is 2550. The van der Waals surface area contributed by atoms with Crippen molar-refractivity contribution in [1.29, 1.82) is 0 Å². The van der Waals surface area contributed by atoms with Gasteiger partial charge in [-0.1, -0.05) is 76.9 Å². The van der Waals surface area contributed by atoms with Crippen molar-refractivity contribution in [3.05, 3.63) is 167 Å². The predicted molar refractivity (Wildman–Crippen MR) is 235 cm³/mol. The van der Waals surface area contributed by atoms with Crippen molar-refractivity contribution >= 4 is 33.1 Å². The van der Waals surface area contributed by atoms with Crippen LogP contribution < -0.4 is 0 Å². The van der Waals surface area contributed by atoms with Crippen molar-refractivity contribution in [3.63, 3.8) is 0 Å². The summed E-state index contributed by atoms with van der Waals surface area (Å²) in [5.74, 6) is 0.0502. The van der Waals surface area contributed by atoms with Crippen molar-refractivity contribution in [2.75, 3.05) is 0 Å². The van der Waals surface area contributed by atoms with Gasteiger partial charge in [-0.3, -0.25) is 9.59 Å². The fraction of sp³-hybridized carbons (Fsp3) is 0.231. The van der Waals surface area contributed by atoms with Gasteiger partial charge in [-0.2, -0.15) is 0 Å². The van der Waals surface area contributed by atoms with Gasteiger partial charge in [0.1, 0.15) is 0 Å². The minimum Gasteiger partial charge on any atom is -0.512 e. The maximum Gasteiger partial charge on any atom is 0.159 e. The summed E-state index contributed by atoms with van der Waals surface area (Å²) in [6.45, 7) is 13.6. The quantitative estimate of drug-likeness (QED) is 0.0540. The van der Waals surface area contributed by atoms with Gasteiger partial charge in [0.05, 0.1) is 5.76 Å². The normalized spacial score (nSPS) is 12.3. The number of benzene rings is 5. The van der Waals surface area contributed by atoms with Crippen molar-refractivity contribution in [1.82, 2.24) is 9.97 Å². The number of allylic oxidation sites excluding steroid dienone is 2. The van der Waals surface area contributed by atoms with Crippen LogP contribution in [0.15, 0.2) is 127 Å². The first-order valence-corrected chi connectivity index (χ1v) is 19.7. The van der Waals surface area contributed by atoms with Gasteiger partial charge < -0.3 is 15.1 Å². The second-order valence-corrected chi connectivity index (χ2v) is 15.1. The molecule has 1 N–H and O–H groups in total.